The number of carbonyl (C=O) groups is 1. The van der Waals surface area contributed by atoms with Gasteiger partial charge in [-0.25, -0.2) is 0 Å². The Kier molecular flexibility index (Phi) is 9.94. The first-order valence-corrected chi connectivity index (χ1v) is 14.2. The number of likely N-dealkylation sites (tertiary alicyclic amines) is 1. The molecule has 0 amide bonds. The molecule has 0 aliphatic carbocycles. The van der Waals surface area contributed by atoms with Crippen LogP contribution >= 0.6 is 0 Å². The fraction of sp³-hybridized carbons (Fsp3) is 0.581. The van der Waals surface area contributed by atoms with Crippen molar-refractivity contribution in [1.29, 1.82) is 0 Å². The van der Waals surface area contributed by atoms with Crippen LogP contribution in [0, 0.1) is 11.3 Å². The molecule has 2 fully saturated rings. The first-order chi connectivity index (χ1) is 19.7. The van der Waals surface area contributed by atoms with Gasteiger partial charge in [0.05, 0.1) is 35.9 Å². The van der Waals surface area contributed by atoms with Gasteiger partial charge in [0.1, 0.15) is 6.23 Å². The van der Waals surface area contributed by atoms with Crippen molar-refractivity contribution < 1.29 is 45.3 Å². The molecule has 232 valence electrons. The minimum absolute atomic E-state index is 0.0415. The minimum atomic E-state index is -4.97. The maximum Gasteiger partial charge on any atom is 0.416 e. The van der Waals surface area contributed by atoms with Gasteiger partial charge in [0.25, 0.3) is 0 Å². The Hall–Kier alpha value is -2.63. The summed E-state index contributed by atoms with van der Waals surface area (Å²) in [6, 6.07) is 11.2. The first-order valence-electron chi connectivity index (χ1n) is 14.2. The average molecular weight is 602 g/mol. The lowest BCUT2D eigenvalue weighted by Crippen LogP contribution is -2.55. The summed E-state index contributed by atoms with van der Waals surface area (Å²) in [7, 11) is 0. The second kappa shape index (κ2) is 12.9. The molecule has 2 aliphatic rings. The Morgan fingerprint density at radius 2 is 1.71 bits per heavy atom. The minimum Gasteiger partial charge on any atom is -0.466 e. The first kappa shape index (κ1) is 32.3. The Labute approximate surface area is 242 Å². The molecule has 2 saturated heterocycles. The number of carbonyl (C=O) groups excluding carboxylic acids is 1. The van der Waals surface area contributed by atoms with E-state index in [2.05, 4.69) is 0 Å². The van der Waals surface area contributed by atoms with Gasteiger partial charge in [0, 0.05) is 25.6 Å². The van der Waals surface area contributed by atoms with E-state index < -0.39 is 41.2 Å². The van der Waals surface area contributed by atoms with E-state index in [1.807, 2.05) is 42.2 Å². The lowest BCUT2D eigenvalue weighted by molar-refractivity contribution is -0.181. The maximum absolute atomic E-state index is 13.6. The molecule has 3 unspecified atom stereocenters. The highest BCUT2D eigenvalue weighted by molar-refractivity contribution is 5.76. The summed E-state index contributed by atoms with van der Waals surface area (Å²) < 4.78 is 99.5. The van der Waals surface area contributed by atoms with Crippen LogP contribution in [0.2, 0.25) is 0 Å². The maximum atomic E-state index is 13.6. The summed E-state index contributed by atoms with van der Waals surface area (Å²) in [5.41, 5.74) is -2.84. The van der Waals surface area contributed by atoms with E-state index in [-0.39, 0.29) is 49.2 Å². The zero-order valence-electron chi connectivity index (χ0n) is 23.9. The van der Waals surface area contributed by atoms with Crippen LogP contribution in [0.25, 0.3) is 0 Å². The van der Waals surface area contributed by atoms with E-state index in [1.165, 1.54) is 6.92 Å². The zero-order chi connectivity index (χ0) is 30.7. The van der Waals surface area contributed by atoms with Crippen LogP contribution in [0.1, 0.15) is 74.3 Å². The molecule has 2 aromatic carbocycles. The molecule has 2 heterocycles. The predicted molar refractivity (Wildman–Crippen MR) is 143 cm³/mol. The number of alkyl halides is 6. The summed E-state index contributed by atoms with van der Waals surface area (Å²) in [5, 5.41) is 0. The lowest BCUT2D eigenvalue weighted by Gasteiger charge is -2.47. The quantitative estimate of drug-likeness (QED) is 0.230. The highest BCUT2D eigenvalue weighted by Gasteiger charge is 2.46. The van der Waals surface area contributed by atoms with Crippen LogP contribution in [0.5, 0.6) is 0 Å². The average Bonchev–Trinajstić information content (AvgIpc) is 2.95. The van der Waals surface area contributed by atoms with Gasteiger partial charge in [-0.1, -0.05) is 30.3 Å². The Bertz CT molecular complexity index is 1170. The summed E-state index contributed by atoms with van der Waals surface area (Å²) in [6.45, 7) is 6.78. The van der Waals surface area contributed by atoms with E-state index in [1.54, 1.807) is 6.92 Å². The van der Waals surface area contributed by atoms with Gasteiger partial charge in [-0.3, -0.25) is 9.69 Å². The number of benzene rings is 2. The van der Waals surface area contributed by atoms with Crippen molar-refractivity contribution in [3.63, 3.8) is 0 Å². The van der Waals surface area contributed by atoms with Crippen LogP contribution in [0.15, 0.2) is 48.5 Å². The SMILES string of the molecule is CCOC(=O)[C@]1(C)CCCN(C(O[C@H](C)c2cc(C(F)(F)F)cc(C(F)(F)F)c2)C2COCCC2c2ccccc2)C1. The van der Waals surface area contributed by atoms with Crippen LogP contribution in [-0.4, -0.2) is 50.0 Å². The number of hydrogen-bond donors (Lipinski definition) is 0. The van der Waals surface area contributed by atoms with Crippen LogP contribution in [0.3, 0.4) is 0 Å². The van der Waals surface area contributed by atoms with Gasteiger partial charge in [-0.15, -0.1) is 0 Å². The Balaban J connectivity index is 1.73. The molecule has 0 bridgehead atoms. The predicted octanol–water partition coefficient (Wildman–Crippen LogP) is 7.61. The molecule has 0 saturated carbocycles. The van der Waals surface area contributed by atoms with E-state index in [0.717, 1.165) is 5.56 Å². The van der Waals surface area contributed by atoms with Crippen molar-refractivity contribution in [2.75, 3.05) is 32.9 Å². The molecule has 2 aliphatic heterocycles. The molecular formula is C31H37F6NO4. The van der Waals surface area contributed by atoms with Crippen molar-refractivity contribution >= 4 is 5.97 Å². The van der Waals surface area contributed by atoms with Gasteiger partial charge in [0.15, 0.2) is 0 Å². The lowest BCUT2D eigenvalue weighted by atomic mass is 9.78. The third-order valence-electron chi connectivity index (χ3n) is 8.27. The highest BCUT2D eigenvalue weighted by Crippen LogP contribution is 2.43. The summed E-state index contributed by atoms with van der Waals surface area (Å²) in [4.78, 5) is 14.9. The number of hydrogen-bond acceptors (Lipinski definition) is 5. The number of nitrogens with zero attached hydrogens (tertiary/aromatic N) is 1. The van der Waals surface area contributed by atoms with Crippen molar-refractivity contribution in [1.82, 2.24) is 4.90 Å². The zero-order valence-corrected chi connectivity index (χ0v) is 23.9. The molecule has 42 heavy (non-hydrogen) atoms. The van der Waals surface area contributed by atoms with E-state index in [9.17, 15) is 31.1 Å². The van der Waals surface area contributed by atoms with Gasteiger partial charge >= 0.3 is 18.3 Å². The molecule has 5 atom stereocenters. The number of esters is 1. The molecule has 11 heteroatoms. The fourth-order valence-electron chi connectivity index (χ4n) is 6.08. The van der Waals surface area contributed by atoms with Gasteiger partial charge in [-0.2, -0.15) is 26.3 Å². The molecule has 2 aromatic rings. The van der Waals surface area contributed by atoms with E-state index >= 15 is 0 Å². The third-order valence-corrected chi connectivity index (χ3v) is 8.27. The number of piperidine rings is 1. The van der Waals surface area contributed by atoms with E-state index in [4.69, 9.17) is 14.2 Å². The van der Waals surface area contributed by atoms with Crippen LogP contribution in [-0.2, 0) is 31.4 Å². The summed E-state index contributed by atoms with van der Waals surface area (Å²) in [5.74, 6) is -0.699. The van der Waals surface area contributed by atoms with E-state index in [0.29, 0.717) is 44.5 Å². The monoisotopic (exact) mass is 601 g/mol. The molecule has 4 rings (SSSR count). The molecular weight excluding hydrogens is 564 g/mol. The standard InChI is InChI=1S/C31H37F6NO4/c1-4-41-28(39)29(3)12-8-13-38(19-29)27(26-18-40-14-11-25(26)21-9-6-5-7-10-21)42-20(2)22-15-23(30(32,33)34)17-24(16-22)31(35,36)37/h5-7,9-10,15-17,20,25-27H,4,8,11-14,18-19H2,1-3H3/t20-,25?,26?,27?,29-/m1/s1. The van der Waals surface area contributed by atoms with Crippen LogP contribution < -0.4 is 0 Å². The molecule has 0 aromatic heterocycles. The molecule has 0 N–H and O–H groups in total. The van der Waals surface area contributed by atoms with Crippen molar-refractivity contribution in [2.45, 2.75) is 70.6 Å². The normalized spacial score (nSPS) is 25.5. The van der Waals surface area contributed by atoms with Gasteiger partial charge in [-0.05, 0) is 75.3 Å². The topological polar surface area (TPSA) is 48.0 Å². The van der Waals surface area contributed by atoms with Crippen molar-refractivity contribution in [2.24, 2.45) is 11.3 Å². The Morgan fingerprint density at radius 3 is 2.31 bits per heavy atom. The van der Waals surface area contributed by atoms with Crippen LogP contribution in [0.4, 0.5) is 26.3 Å². The van der Waals surface area contributed by atoms with Crippen molar-refractivity contribution in [3.05, 3.63) is 70.8 Å². The van der Waals surface area contributed by atoms with Gasteiger partial charge in [0.2, 0.25) is 0 Å². The smallest absolute Gasteiger partial charge is 0.416 e. The number of halogens is 6. The summed E-state index contributed by atoms with van der Waals surface area (Å²) >= 11 is 0. The molecule has 0 radical (unpaired) electrons. The Morgan fingerprint density at radius 1 is 1.07 bits per heavy atom. The number of rotatable bonds is 8. The highest BCUT2D eigenvalue weighted by atomic mass is 19.4. The largest absolute Gasteiger partial charge is 0.466 e. The fourth-order valence-corrected chi connectivity index (χ4v) is 6.08. The third kappa shape index (κ3) is 7.47. The summed E-state index contributed by atoms with van der Waals surface area (Å²) in [6.07, 6.45) is -9.96. The second-order valence-electron chi connectivity index (χ2n) is 11.4. The molecule has 5 nitrogen and oxygen atoms in total. The van der Waals surface area contributed by atoms with Gasteiger partial charge < -0.3 is 14.2 Å². The number of ether oxygens (including phenoxy) is 3. The second-order valence-corrected chi connectivity index (χ2v) is 11.4. The van der Waals surface area contributed by atoms with Crippen molar-refractivity contribution in [3.8, 4) is 0 Å². The molecule has 0 spiro atoms.